The van der Waals surface area contributed by atoms with Gasteiger partial charge in [-0.15, -0.1) is 0 Å². The van der Waals surface area contributed by atoms with Gasteiger partial charge < -0.3 is 25.5 Å². The third-order valence-electron chi connectivity index (χ3n) is 2.79. The second-order valence-corrected chi connectivity index (χ2v) is 7.72. The molecular weight excluding hydrogens is 458 g/mol. The second-order valence-electron chi connectivity index (χ2n) is 4.66. The summed E-state index contributed by atoms with van der Waals surface area (Å²) in [5.41, 5.74) is 4.82. The van der Waals surface area contributed by atoms with Gasteiger partial charge in [-0.25, -0.2) is 16.8 Å². The first-order chi connectivity index (χ1) is 12.0. The number of nitrogens with one attached hydrogen (secondary N) is 2. The van der Waals surface area contributed by atoms with Gasteiger partial charge in [-0.2, -0.15) is 15.0 Å². The maximum absolute atomic E-state index is 11.4. The van der Waals surface area contributed by atoms with Crippen molar-refractivity contribution in [2.24, 2.45) is 5.73 Å². The molecule has 0 amide bonds. The molecule has 0 saturated carbocycles. The molecule has 0 fully saturated rings. The van der Waals surface area contributed by atoms with Crippen LogP contribution in [0.3, 0.4) is 0 Å². The molecule has 0 aliphatic heterocycles. The van der Waals surface area contributed by atoms with E-state index in [1.54, 1.807) is 0 Å². The number of benzene rings is 1. The topological polar surface area (TPSA) is 203 Å². The maximum atomic E-state index is 11.4. The van der Waals surface area contributed by atoms with Crippen molar-refractivity contribution in [1.82, 2.24) is 15.0 Å². The van der Waals surface area contributed by atoms with E-state index >= 15 is 0 Å². The number of anilines is 3. The molecule has 2 rings (SSSR count). The molecular formula is C11H11ClN6Na2O6S2. The summed E-state index contributed by atoms with van der Waals surface area (Å²) in [6.07, 6.45) is 0. The first kappa shape index (κ1) is 27.9. The monoisotopic (exact) mass is 468 g/mol. The van der Waals surface area contributed by atoms with Crippen LogP contribution in [0.4, 0.5) is 17.6 Å². The Morgan fingerprint density at radius 1 is 1.00 bits per heavy atom. The van der Waals surface area contributed by atoms with Gasteiger partial charge in [0.1, 0.15) is 20.2 Å². The molecule has 0 saturated heterocycles. The molecule has 0 spiro atoms. The van der Waals surface area contributed by atoms with Gasteiger partial charge in [0, 0.05) is 13.1 Å². The fraction of sp³-hybridized carbons (Fsp3) is 0.182. The fourth-order valence-electron chi connectivity index (χ4n) is 1.77. The van der Waals surface area contributed by atoms with Gasteiger partial charge in [0.05, 0.1) is 15.5 Å². The summed E-state index contributed by atoms with van der Waals surface area (Å²) < 4.78 is 67.4. The van der Waals surface area contributed by atoms with Gasteiger partial charge in [-0.05, 0) is 29.8 Å². The summed E-state index contributed by atoms with van der Waals surface area (Å²) in [5, 5.41) is 4.78. The first-order valence-corrected chi connectivity index (χ1v) is 9.88. The Labute approximate surface area is 210 Å². The molecule has 4 N–H and O–H groups in total. The van der Waals surface area contributed by atoms with Crippen molar-refractivity contribution in [3.05, 3.63) is 23.5 Å². The van der Waals surface area contributed by atoms with Crippen LogP contribution in [0, 0.1) is 0 Å². The van der Waals surface area contributed by atoms with Crippen LogP contribution in [0.15, 0.2) is 28.0 Å². The van der Waals surface area contributed by atoms with Crippen molar-refractivity contribution in [2.75, 3.05) is 23.7 Å². The second kappa shape index (κ2) is 11.3. The van der Waals surface area contributed by atoms with E-state index in [-0.39, 0.29) is 82.8 Å². The summed E-state index contributed by atoms with van der Waals surface area (Å²) in [6, 6.07) is 2.07. The average Bonchev–Trinajstić information content (AvgIpc) is 2.50. The Bertz CT molecular complexity index is 1040. The molecule has 0 bridgehead atoms. The van der Waals surface area contributed by atoms with E-state index in [2.05, 4.69) is 25.6 Å². The van der Waals surface area contributed by atoms with Crippen molar-refractivity contribution in [3.8, 4) is 0 Å². The van der Waals surface area contributed by atoms with E-state index in [0.29, 0.717) is 24.7 Å². The van der Waals surface area contributed by atoms with E-state index in [1.165, 1.54) is 0 Å². The molecule has 1 heterocycles. The Morgan fingerprint density at radius 3 is 2.14 bits per heavy atom. The predicted octanol–water partition coefficient (Wildman–Crippen LogP) is -6.54. The quantitative estimate of drug-likeness (QED) is 0.256. The van der Waals surface area contributed by atoms with E-state index in [0.717, 1.165) is 0 Å². The zero-order valence-corrected chi connectivity index (χ0v) is 21.1. The van der Waals surface area contributed by atoms with Crippen molar-refractivity contribution in [3.63, 3.8) is 0 Å². The molecule has 1 aromatic heterocycles. The molecule has 142 valence electrons. The minimum Gasteiger partial charge on any atom is -0.744 e. The standard InChI is InChI=1S/C11H13ClN6O6S2.2Na/c12-9-16-10(14-4-3-13)18-11(17-9)15-7-5-6(25(19,20)21)1-2-8(7)26(22,23)24;;/h1-2,5H,3-4,13H2,(H,19,20,21)(H,22,23,24)(H2,14,15,16,17,18);;/q;2*+1/p-2. The smallest absolute Gasteiger partial charge is 0.744 e. The Morgan fingerprint density at radius 2 is 1.61 bits per heavy atom. The summed E-state index contributed by atoms with van der Waals surface area (Å²) in [7, 11) is -9.90. The predicted molar refractivity (Wildman–Crippen MR) is 88.0 cm³/mol. The van der Waals surface area contributed by atoms with Crippen LogP contribution in [0.5, 0.6) is 0 Å². The van der Waals surface area contributed by atoms with Gasteiger partial charge in [0.2, 0.25) is 17.2 Å². The summed E-state index contributed by atoms with van der Waals surface area (Å²) in [6.45, 7) is 0.553. The number of aromatic nitrogens is 3. The normalized spacial score (nSPS) is 11.1. The van der Waals surface area contributed by atoms with Crippen LogP contribution in [0.25, 0.3) is 0 Å². The van der Waals surface area contributed by atoms with Crippen LogP contribution in [0.1, 0.15) is 0 Å². The molecule has 0 aliphatic rings. The van der Waals surface area contributed by atoms with E-state index in [4.69, 9.17) is 17.3 Å². The molecule has 0 radical (unpaired) electrons. The van der Waals surface area contributed by atoms with E-state index in [9.17, 15) is 25.9 Å². The van der Waals surface area contributed by atoms with Crippen LogP contribution in [0.2, 0.25) is 5.28 Å². The van der Waals surface area contributed by atoms with Crippen molar-refractivity contribution < 1.29 is 85.1 Å². The Balaban J connectivity index is 0.00000364. The zero-order valence-electron chi connectivity index (χ0n) is 14.7. The van der Waals surface area contributed by atoms with Gasteiger partial charge in [-0.3, -0.25) is 0 Å². The third-order valence-corrected chi connectivity index (χ3v) is 4.69. The molecule has 28 heavy (non-hydrogen) atoms. The fourth-order valence-corrected chi connectivity index (χ4v) is 3.04. The van der Waals surface area contributed by atoms with Crippen molar-refractivity contribution in [2.45, 2.75) is 9.79 Å². The zero-order chi connectivity index (χ0) is 19.5. The number of hydrogen-bond acceptors (Lipinski definition) is 12. The molecule has 0 atom stereocenters. The van der Waals surface area contributed by atoms with Gasteiger partial charge >= 0.3 is 59.1 Å². The van der Waals surface area contributed by atoms with Crippen LogP contribution >= 0.6 is 11.6 Å². The number of nitrogens with two attached hydrogens (primary N) is 1. The maximum Gasteiger partial charge on any atom is 1.00 e. The van der Waals surface area contributed by atoms with Crippen molar-refractivity contribution >= 4 is 49.4 Å². The summed E-state index contributed by atoms with van der Waals surface area (Å²) in [4.78, 5) is 9.75. The summed E-state index contributed by atoms with van der Waals surface area (Å²) >= 11 is 5.73. The third kappa shape index (κ3) is 7.97. The molecule has 0 aliphatic carbocycles. The summed E-state index contributed by atoms with van der Waals surface area (Å²) in [5.74, 6) is -0.299. The first-order valence-electron chi connectivity index (χ1n) is 6.69. The van der Waals surface area contributed by atoms with E-state index < -0.39 is 35.7 Å². The van der Waals surface area contributed by atoms with Crippen LogP contribution in [-0.4, -0.2) is 54.0 Å². The van der Waals surface area contributed by atoms with Crippen LogP contribution < -0.4 is 75.5 Å². The van der Waals surface area contributed by atoms with Crippen molar-refractivity contribution in [1.29, 1.82) is 0 Å². The Kier molecular flexibility index (Phi) is 11.3. The SMILES string of the molecule is NCCNc1nc(Cl)nc(Nc2cc(S(=O)(=O)[O-])ccc2S(=O)(=O)[O-])n1.[Na+].[Na+]. The average molecular weight is 469 g/mol. The molecule has 1 aromatic carbocycles. The molecule has 0 unspecified atom stereocenters. The molecule has 2 aromatic rings. The molecule has 17 heteroatoms. The largest absolute Gasteiger partial charge is 1.00 e. The van der Waals surface area contributed by atoms with Gasteiger partial charge in [0.15, 0.2) is 0 Å². The number of hydrogen-bond donors (Lipinski definition) is 3. The Hall–Kier alpha value is -0.100. The minimum atomic E-state index is -5.00. The minimum absolute atomic E-state index is 0. The number of nitrogens with zero attached hydrogens (tertiary/aromatic N) is 3. The number of rotatable bonds is 7. The van der Waals surface area contributed by atoms with Crippen LogP contribution in [-0.2, 0) is 20.2 Å². The number of halogens is 1. The van der Waals surface area contributed by atoms with E-state index in [1.807, 2.05) is 0 Å². The molecule has 12 nitrogen and oxygen atoms in total. The van der Waals surface area contributed by atoms with Gasteiger partial charge in [-0.1, -0.05) is 0 Å². The van der Waals surface area contributed by atoms with Gasteiger partial charge in [0.25, 0.3) is 0 Å².